The highest BCUT2D eigenvalue weighted by Crippen LogP contribution is 2.18. The normalized spacial score (nSPS) is 10.0. The molecule has 2 aromatic rings. The van der Waals surface area contributed by atoms with Crippen molar-refractivity contribution < 1.29 is 23.6 Å². The minimum absolute atomic E-state index is 0.190. The van der Waals surface area contributed by atoms with Gasteiger partial charge in [-0.2, -0.15) is 0 Å². The van der Waals surface area contributed by atoms with Crippen LogP contribution in [0.1, 0.15) is 5.56 Å². The fourth-order valence-corrected chi connectivity index (χ4v) is 1.92. The Kier molecular flexibility index (Phi) is 5.56. The summed E-state index contributed by atoms with van der Waals surface area (Å²) >= 11 is 0. The number of nitro benzene ring substituents is 1. The zero-order chi connectivity index (χ0) is 17.5. The van der Waals surface area contributed by atoms with Gasteiger partial charge in [-0.15, -0.1) is 0 Å². The van der Waals surface area contributed by atoms with Crippen molar-refractivity contribution in [1.82, 2.24) is 0 Å². The Labute approximate surface area is 136 Å². The molecule has 0 aliphatic rings. The van der Waals surface area contributed by atoms with Crippen molar-refractivity contribution in [3.63, 3.8) is 0 Å². The van der Waals surface area contributed by atoms with Crippen molar-refractivity contribution in [2.75, 3.05) is 11.9 Å². The Morgan fingerprint density at radius 3 is 2.46 bits per heavy atom. The lowest BCUT2D eigenvalue weighted by molar-refractivity contribution is -0.385. The third-order valence-electron chi connectivity index (χ3n) is 3.02. The second kappa shape index (κ2) is 7.82. The molecule has 0 heterocycles. The van der Waals surface area contributed by atoms with E-state index in [-0.39, 0.29) is 17.7 Å². The molecular weight excluding hydrogens is 319 g/mol. The monoisotopic (exact) mass is 332 g/mol. The quantitative estimate of drug-likeness (QED) is 0.498. The molecule has 0 atom stereocenters. The topological polar surface area (TPSA) is 98.5 Å². The SMILES string of the molecule is O=C(COC(=O)Cc1ccccc1[N+](=O)[O-])Nc1ccc(F)cc1. The maximum absolute atomic E-state index is 12.7. The summed E-state index contributed by atoms with van der Waals surface area (Å²) in [5.74, 6) is -1.81. The first-order chi connectivity index (χ1) is 11.5. The highest BCUT2D eigenvalue weighted by molar-refractivity contribution is 5.92. The molecule has 0 unspecified atom stereocenters. The van der Waals surface area contributed by atoms with Crippen LogP contribution < -0.4 is 5.32 Å². The summed E-state index contributed by atoms with van der Waals surface area (Å²) < 4.78 is 17.5. The molecule has 1 amide bonds. The average Bonchev–Trinajstić information content (AvgIpc) is 2.55. The highest BCUT2D eigenvalue weighted by atomic mass is 19.1. The van der Waals surface area contributed by atoms with E-state index in [0.717, 1.165) is 0 Å². The van der Waals surface area contributed by atoms with Crippen LogP contribution >= 0.6 is 0 Å². The summed E-state index contributed by atoms with van der Waals surface area (Å²) in [7, 11) is 0. The van der Waals surface area contributed by atoms with E-state index in [2.05, 4.69) is 5.32 Å². The molecule has 0 radical (unpaired) electrons. The van der Waals surface area contributed by atoms with Gasteiger partial charge in [0.05, 0.1) is 11.3 Å². The Hall–Kier alpha value is -3.29. The number of nitro groups is 1. The van der Waals surface area contributed by atoms with Gasteiger partial charge in [-0.25, -0.2) is 4.39 Å². The third-order valence-corrected chi connectivity index (χ3v) is 3.02. The number of hydrogen-bond donors (Lipinski definition) is 1. The van der Waals surface area contributed by atoms with Gasteiger partial charge in [0.25, 0.3) is 11.6 Å². The summed E-state index contributed by atoms with van der Waals surface area (Å²) in [4.78, 5) is 33.6. The first-order valence-electron chi connectivity index (χ1n) is 6.89. The van der Waals surface area contributed by atoms with Crippen LogP contribution in [0.3, 0.4) is 0 Å². The van der Waals surface area contributed by atoms with Crippen LogP contribution in [0.15, 0.2) is 48.5 Å². The van der Waals surface area contributed by atoms with Gasteiger partial charge in [0.15, 0.2) is 6.61 Å². The third kappa shape index (κ3) is 4.87. The van der Waals surface area contributed by atoms with Gasteiger partial charge in [0.1, 0.15) is 5.82 Å². The van der Waals surface area contributed by atoms with Crippen LogP contribution in [0.4, 0.5) is 15.8 Å². The molecule has 124 valence electrons. The number of nitrogens with zero attached hydrogens (tertiary/aromatic N) is 1. The molecule has 0 fully saturated rings. The number of para-hydroxylation sites is 1. The van der Waals surface area contributed by atoms with Crippen LogP contribution in [-0.2, 0) is 20.7 Å². The first kappa shape index (κ1) is 17.1. The molecule has 0 bridgehead atoms. The predicted octanol–water partition coefficient (Wildman–Crippen LogP) is 2.46. The molecule has 0 saturated carbocycles. The van der Waals surface area contributed by atoms with Gasteiger partial charge in [0.2, 0.25) is 0 Å². The van der Waals surface area contributed by atoms with E-state index < -0.39 is 29.2 Å². The number of nitrogens with one attached hydrogen (secondary N) is 1. The molecule has 8 heteroatoms. The Bertz CT molecular complexity index is 761. The smallest absolute Gasteiger partial charge is 0.311 e. The van der Waals surface area contributed by atoms with Crippen molar-refractivity contribution in [2.24, 2.45) is 0 Å². The largest absolute Gasteiger partial charge is 0.455 e. The van der Waals surface area contributed by atoms with E-state index in [9.17, 15) is 24.1 Å². The number of carbonyl (C=O) groups is 2. The molecule has 0 aliphatic carbocycles. The van der Waals surface area contributed by atoms with Crippen molar-refractivity contribution in [3.8, 4) is 0 Å². The first-order valence-corrected chi connectivity index (χ1v) is 6.89. The number of anilines is 1. The van der Waals surface area contributed by atoms with Crippen molar-refractivity contribution in [3.05, 3.63) is 70.0 Å². The molecule has 2 rings (SSSR count). The molecular formula is C16H13FN2O5. The van der Waals surface area contributed by atoms with Gasteiger partial charge in [0, 0.05) is 17.3 Å². The molecule has 0 spiro atoms. The minimum atomic E-state index is -0.765. The number of halogens is 1. The van der Waals surface area contributed by atoms with Crippen molar-refractivity contribution in [2.45, 2.75) is 6.42 Å². The van der Waals surface area contributed by atoms with Crippen LogP contribution in [0.2, 0.25) is 0 Å². The van der Waals surface area contributed by atoms with Gasteiger partial charge >= 0.3 is 5.97 Å². The molecule has 1 N–H and O–H groups in total. The number of ether oxygens (including phenoxy) is 1. The van der Waals surface area contributed by atoms with E-state index in [1.807, 2.05) is 0 Å². The fourth-order valence-electron chi connectivity index (χ4n) is 1.92. The second-order valence-corrected chi connectivity index (χ2v) is 4.78. The van der Waals surface area contributed by atoms with Crippen molar-refractivity contribution >= 4 is 23.3 Å². The lowest BCUT2D eigenvalue weighted by atomic mass is 10.1. The lowest BCUT2D eigenvalue weighted by Crippen LogP contribution is -2.21. The summed E-state index contributed by atoms with van der Waals surface area (Å²) in [6, 6.07) is 10.9. The van der Waals surface area contributed by atoms with E-state index in [1.165, 1.54) is 42.5 Å². The van der Waals surface area contributed by atoms with E-state index >= 15 is 0 Å². The van der Waals surface area contributed by atoms with Crippen LogP contribution in [0, 0.1) is 15.9 Å². The van der Waals surface area contributed by atoms with E-state index in [0.29, 0.717) is 5.69 Å². The molecule has 0 saturated heterocycles. The minimum Gasteiger partial charge on any atom is -0.455 e. The highest BCUT2D eigenvalue weighted by Gasteiger charge is 2.17. The van der Waals surface area contributed by atoms with Gasteiger partial charge in [-0.3, -0.25) is 19.7 Å². The maximum atomic E-state index is 12.7. The Morgan fingerprint density at radius 1 is 1.12 bits per heavy atom. The summed E-state index contributed by atoms with van der Waals surface area (Å²) in [5.41, 5.74) is 0.368. The van der Waals surface area contributed by atoms with Gasteiger partial charge in [-0.05, 0) is 24.3 Å². The van der Waals surface area contributed by atoms with Gasteiger partial charge in [-0.1, -0.05) is 18.2 Å². The Balaban J connectivity index is 1.86. The van der Waals surface area contributed by atoms with E-state index in [1.54, 1.807) is 6.07 Å². The zero-order valence-corrected chi connectivity index (χ0v) is 12.4. The molecule has 24 heavy (non-hydrogen) atoms. The van der Waals surface area contributed by atoms with Crippen LogP contribution in [-0.4, -0.2) is 23.4 Å². The summed E-state index contributed by atoms with van der Waals surface area (Å²) in [6.45, 7) is -0.545. The predicted molar refractivity (Wildman–Crippen MR) is 82.8 cm³/mol. The van der Waals surface area contributed by atoms with E-state index in [4.69, 9.17) is 4.74 Å². The number of benzene rings is 2. The lowest BCUT2D eigenvalue weighted by Gasteiger charge is -2.07. The van der Waals surface area contributed by atoms with Crippen LogP contribution in [0.5, 0.6) is 0 Å². The van der Waals surface area contributed by atoms with Gasteiger partial charge < -0.3 is 10.1 Å². The second-order valence-electron chi connectivity index (χ2n) is 4.78. The van der Waals surface area contributed by atoms with Crippen LogP contribution in [0.25, 0.3) is 0 Å². The summed E-state index contributed by atoms with van der Waals surface area (Å²) in [5, 5.41) is 13.3. The summed E-state index contributed by atoms with van der Waals surface area (Å²) in [6.07, 6.45) is -0.318. The maximum Gasteiger partial charge on any atom is 0.311 e. The number of carbonyl (C=O) groups excluding carboxylic acids is 2. The average molecular weight is 332 g/mol. The number of rotatable bonds is 6. The number of esters is 1. The number of hydrogen-bond acceptors (Lipinski definition) is 5. The molecule has 0 aliphatic heterocycles. The molecule has 7 nitrogen and oxygen atoms in total. The number of amides is 1. The Morgan fingerprint density at radius 2 is 1.79 bits per heavy atom. The van der Waals surface area contributed by atoms with Crippen molar-refractivity contribution in [1.29, 1.82) is 0 Å². The standard InChI is InChI=1S/C16H13FN2O5/c17-12-5-7-13(8-6-12)18-15(20)10-24-16(21)9-11-3-1-2-4-14(11)19(22)23/h1-8H,9-10H2,(H,18,20). The fraction of sp³-hybridized carbons (Fsp3) is 0.125. The molecule has 2 aromatic carbocycles. The molecule has 0 aromatic heterocycles. The zero-order valence-electron chi connectivity index (χ0n) is 12.4.